The van der Waals surface area contributed by atoms with Gasteiger partial charge in [0.1, 0.15) is 10.7 Å². The number of carbonyl (C=O) groups excluding carboxylic acids is 1. The zero-order valence-corrected chi connectivity index (χ0v) is 12.8. The van der Waals surface area contributed by atoms with Gasteiger partial charge >= 0.3 is 0 Å². The summed E-state index contributed by atoms with van der Waals surface area (Å²) in [5.41, 5.74) is 0.771. The number of aromatic nitrogens is 2. The first-order chi connectivity index (χ1) is 10.1. The molecular weight excluding hydrogens is 306 g/mol. The molecule has 0 fully saturated rings. The number of nitrogens with one attached hydrogen (secondary N) is 1. The molecule has 1 amide bonds. The minimum absolute atomic E-state index is 0.183. The van der Waals surface area contributed by atoms with Gasteiger partial charge in [0.2, 0.25) is 0 Å². The molecule has 3 rings (SSSR count). The zero-order valence-electron chi connectivity index (χ0n) is 11.3. The van der Waals surface area contributed by atoms with Crippen molar-refractivity contribution in [2.24, 2.45) is 0 Å². The number of amides is 1. The predicted octanol–water partition coefficient (Wildman–Crippen LogP) is 3.58. The quantitative estimate of drug-likeness (QED) is 0.803. The van der Waals surface area contributed by atoms with E-state index in [-0.39, 0.29) is 5.91 Å². The normalized spacial score (nSPS) is 10.8. The van der Waals surface area contributed by atoms with Gasteiger partial charge in [-0.1, -0.05) is 29.8 Å². The highest BCUT2D eigenvalue weighted by atomic mass is 35.5. The fourth-order valence-electron chi connectivity index (χ4n) is 2.01. The van der Waals surface area contributed by atoms with Crippen molar-refractivity contribution in [3.63, 3.8) is 0 Å². The SMILES string of the molecule is Cc1nccc(CNC(=O)c2sc3ccccc3c2Cl)n1. The van der Waals surface area contributed by atoms with Gasteiger partial charge in [0.25, 0.3) is 5.91 Å². The number of carbonyl (C=O) groups is 1. The second-order valence-corrected chi connectivity index (χ2v) is 5.95. The summed E-state index contributed by atoms with van der Waals surface area (Å²) in [7, 11) is 0. The summed E-state index contributed by atoms with van der Waals surface area (Å²) < 4.78 is 1.01. The first-order valence-corrected chi connectivity index (χ1v) is 7.58. The lowest BCUT2D eigenvalue weighted by Crippen LogP contribution is -2.22. The third-order valence-corrected chi connectivity index (χ3v) is 4.68. The summed E-state index contributed by atoms with van der Waals surface area (Å²) >= 11 is 7.68. The van der Waals surface area contributed by atoms with E-state index in [4.69, 9.17) is 11.6 Å². The number of aryl methyl sites for hydroxylation is 1. The lowest BCUT2D eigenvalue weighted by Gasteiger charge is -2.04. The number of thiophene rings is 1. The van der Waals surface area contributed by atoms with E-state index in [1.807, 2.05) is 31.2 Å². The smallest absolute Gasteiger partial charge is 0.263 e. The molecule has 0 atom stereocenters. The minimum atomic E-state index is -0.183. The van der Waals surface area contributed by atoms with Gasteiger partial charge in [0, 0.05) is 16.3 Å². The Balaban J connectivity index is 1.79. The molecule has 0 aliphatic heterocycles. The third kappa shape index (κ3) is 2.89. The average Bonchev–Trinajstić information content (AvgIpc) is 2.83. The van der Waals surface area contributed by atoms with Gasteiger partial charge in [0.15, 0.2) is 0 Å². The van der Waals surface area contributed by atoms with E-state index in [2.05, 4.69) is 15.3 Å². The van der Waals surface area contributed by atoms with Gasteiger partial charge in [-0.3, -0.25) is 4.79 Å². The lowest BCUT2D eigenvalue weighted by atomic mass is 10.2. The molecule has 6 heteroatoms. The fourth-order valence-corrected chi connectivity index (χ4v) is 3.45. The van der Waals surface area contributed by atoms with E-state index in [1.54, 1.807) is 12.3 Å². The molecule has 0 bridgehead atoms. The summed E-state index contributed by atoms with van der Waals surface area (Å²) in [6.45, 7) is 2.17. The number of nitrogens with zero attached hydrogens (tertiary/aromatic N) is 2. The molecule has 1 N–H and O–H groups in total. The van der Waals surface area contributed by atoms with Crippen LogP contribution < -0.4 is 5.32 Å². The van der Waals surface area contributed by atoms with Crippen LogP contribution in [0.5, 0.6) is 0 Å². The molecule has 0 aliphatic rings. The maximum atomic E-state index is 12.3. The van der Waals surface area contributed by atoms with Crippen LogP contribution >= 0.6 is 22.9 Å². The largest absolute Gasteiger partial charge is 0.346 e. The highest BCUT2D eigenvalue weighted by molar-refractivity contribution is 7.21. The first kappa shape index (κ1) is 14.0. The second kappa shape index (κ2) is 5.79. The van der Waals surface area contributed by atoms with Crippen molar-refractivity contribution in [1.82, 2.24) is 15.3 Å². The van der Waals surface area contributed by atoms with Crippen LogP contribution in [0.3, 0.4) is 0 Å². The number of halogens is 1. The van der Waals surface area contributed by atoms with Crippen molar-refractivity contribution < 1.29 is 4.79 Å². The highest BCUT2D eigenvalue weighted by Crippen LogP contribution is 2.34. The van der Waals surface area contributed by atoms with Crippen molar-refractivity contribution in [1.29, 1.82) is 0 Å². The molecule has 2 heterocycles. The van der Waals surface area contributed by atoms with Crippen LogP contribution in [0.15, 0.2) is 36.5 Å². The van der Waals surface area contributed by atoms with Crippen molar-refractivity contribution in [2.75, 3.05) is 0 Å². The van der Waals surface area contributed by atoms with Gasteiger partial charge in [-0.15, -0.1) is 11.3 Å². The Morgan fingerprint density at radius 1 is 1.33 bits per heavy atom. The molecule has 106 valence electrons. The van der Waals surface area contributed by atoms with Crippen LogP contribution in [0, 0.1) is 6.92 Å². The van der Waals surface area contributed by atoms with Gasteiger partial charge in [-0.05, 0) is 19.1 Å². The summed E-state index contributed by atoms with van der Waals surface area (Å²) in [5.74, 6) is 0.499. The van der Waals surface area contributed by atoms with E-state index in [0.29, 0.717) is 22.3 Å². The molecular formula is C15H12ClN3OS. The molecule has 0 saturated carbocycles. The topological polar surface area (TPSA) is 54.9 Å². The molecule has 0 radical (unpaired) electrons. The molecule has 1 aromatic carbocycles. The van der Waals surface area contributed by atoms with E-state index in [0.717, 1.165) is 15.8 Å². The molecule has 0 aliphatic carbocycles. The Labute approximate surface area is 130 Å². The third-order valence-electron chi connectivity index (χ3n) is 3.00. The molecule has 4 nitrogen and oxygen atoms in total. The van der Waals surface area contributed by atoms with E-state index >= 15 is 0 Å². The number of benzene rings is 1. The van der Waals surface area contributed by atoms with Crippen molar-refractivity contribution in [3.8, 4) is 0 Å². The molecule has 21 heavy (non-hydrogen) atoms. The Morgan fingerprint density at radius 2 is 2.14 bits per heavy atom. The van der Waals surface area contributed by atoms with Gasteiger partial charge in [0.05, 0.1) is 17.3 Å². The maximum Gasteiger partial charge on any atom is 0.263 e. The van der Waals surface area contributed by atoms with E-state index in [9.17, 15) is 4.79 Å². The standard InChI is InChI=1S/C15H12ClN3OS/c1-9-17-7-6-10(19-9)8-18-15(20)14-13(16)11-4-2-3-5-12(11)21-14/h2-7H,8H2,1H3,(H,18,20). The van der Waals surface area contributed by atoms with Crippen LogP contribution in [-0.2, 0) is 6.54 Å². The van der Waals surface area contributed by atoms with Crippen molar-refractivity contribution >= 4 is 38.9 Å². The van der Waals surface area contributed by atoms with Gasteiger partial charge in [-0.25, -0.2) is 9.97 Å². The molecule has 3 aromatic rings. The molecule has 0 spiro atoms. The van der Waals surface area contributed by atoms with Crippen molar-refractivity contribution in [2.45, 2.75) is 13.5 Å². The first-order valence-electron chi connectivity index (χ1n) is 6.39. The predicted molar refractivity (Wildman–Crippen MR) is 84.8 cm³/mol. The number of hydrogen-bond acceptors (Lipinski definition) is 4. The number of rotatable bonds is 3. The fraction of sp³-hybridized carbons (Fsp3) is 0.133. The van der Waals surface area contributed by atoms with E-state index in [1.165, 1.54) is 11.3 Å². The van der Waals surface area contributed by atoms with Crippen LogP contribution in [0.2, 0.25) is 5.02 Å². The second-order valence-electron chi connectivity index (χ2n) is 4.52. The van der Waals surface area contributed by atoms with Crippen LogP contribution in [0.4, 0.5) is 0 Å². The van der Waals surface area contributed by atoms with Crippen LogP contribution in [0.25, 0.3) is 10.1 Å². The Hall–Kier alpha value is -1.98. The number of fused-ring (bicyclic) bond motifs is 1. The average molecular weight is 318 g/mol. The Kier molecular flexibility index (Phi) is 3.86. The molecule has 0 saturated heterocycles. The monoisotopic (exact) mass is 317 g/mol. The molecule has 0 unspecified atom stereocenters. The zero-order chi connectivity index (χ0) is 14.8. The van der Waals surface area contributed by atoms with Crippen LogP contribution in [0.1, 0.15) is 21.2 Å². The van der Waals surface area contributed by atoms with Crippen molar-refractivity contribution in [3.05, 3.63) is 57.9 Å². The number of hydrogen-bond donors (Lipinski definition) is 1. The Morgan fingerprint density at radius 3 is 2.90 bits per heavy atom. The summed E-state index contributed by atoms with van der Waals surface area (Å²) in [6.07, 6.45) is 1.68. The lowest BCUT2D eigenvalue weighted by molar-refractivity contribution is 0.0954. The highest BCUT2D eigenvalue weighted by Gasteiger charge is 2.16. The minimum Gasteiger partial charge on any atom is -0.346 e. The maximum absolute atomic E-state index is 12.3. The van der Waals surface area contributed by atoms with Gasteiger partial charge in [-0.2, -0.15) is 0 Å². The summed E-state index contributed by atoms with van der Waals surface area (Å²) in [6, 6.07) is 9.49. The van der Waals surface area contributed by atoms with Gasteiger partial charge < -0.3 is 5.32 Å². The van der Waals surface area contributed by atoms with E-state index < -0.39 is 0 Å². The molecule has 2 aromatic heterocycles. The summed E-state index contributed by atoms with van der Waals surface area (Å²) in [4.78, 5) is 21.1. The van der Waals surface area contributed by atoms with Crippen LogP contribution in [-0.4, -0.2) is 15.9 Å². The Bertz CT molecular complexity index is 816. The summed E-state index contributed by atoms with van der Waals surface area (Å²) in [5, 5.41) is 4.26.